The largest absolute Gasteiger partial charge is 0.386 e. The summed E-state index contributed by atoms with van der Waals surface area (Å²) in [6.07, 6.45) is 1.90. The highest BCUT2D eigenvalue weighted by molar-refractivity contribution is 8.18. The van der Waals surface area contributed by atoms with Gasteiger partial charge in [0.2, 0.25) is 5.91 Å². The normalized spacial score (nSPS) is 28.6. The maximum absolute atomic E-state index is 11.3. The van der Waals surface area contributed by atoms with Crippen LogP contribution in [0.15, 0.2) is 29.3 Å². The van der Waals surface area contributed by atoms with Gasteiger partial charge in [-0.05, 0) is 42.0 Å². The maximum Gasteiger partial charge on any atom is 0.221 e. The zero-order valence-electron chi connectivity index (χ0n) is 16.9. The lowest BCUT2D eigenvalue weighted by Gasteiger charge is -2.32. The third kappa shape index (κ3) is 2.93. The van der Waals surface area contributed by atoms with Gasteiger partial charge in [-0.3, -0.25) is 4.79 Å². The molecule has 3 rings (SSSR count). The molecule has 1 aliphatic carbocycles. The van der Waals surface area contributed by atoms with Crippen LogP contribution in [0.25, 0.3) is 0 Å². The van der Waals surface area contributed by atoms with Gasteiger partial charge in [0, 0.05) is 18.5 Å². The number of carbonyl (C=O) groups is 1. The average Bonchev–Trinajstić information content (AvgIpc) is 3.28. The van der Waals surface area contributed by atoms with Crippen molar-refractivity contribution in [2.45, 2.75) is 43.7 Å². The molecule has 3 unspecified atom stereocenters. The summed E-state index contributed by atoms with van der Waals surface area (Å²) < 4.78 is -0.783. The minimum Gasteiger partial charge on any atom is -0.386 e. The van der Waals surface area contributed by atoms with E-state index in [4.69, 9.17) is 10.7 Å². The first-order chi connectivity index (χ1) is 13.9. The number of benzene rings is 1. The summed E-state index contributed by atoms with van der Waals surface area (Å²) in [5, 5.41) is 23.3. The number of hydrogen-bond donors (Lipinski definition) is 2. The summed E-state index contributed by atoms with van der Waals surface area (Å²) in [6.45, 7) is 5.64. The Morgan fingerprint density at radius 2 is 1.76 bits per heavy atom. The zero-order valence-corrected chi connectivity index (χ0v) is 18.5. The van der Waals surface area contributed by atoms with Crippen molar-refractivity contribution in [2.75, 3.05) is 16.8 Å². The van der Waals surface area contributed by atoms with Crippen molar-refractivity contribution in [3.8, 4) is 12.1 Å². The molecule has 0 saturated heterocycles. The van der Waals surface area contributed by atoms with Gasteiger partial charge in [0.25, 0.3) is 0 Å². The summed E-state index contributed by atoms with van der Waals surface area (Å²) in [6, 6.07) is 12.2. The molecule has 1 fully saturated rings. The molecule has 6 nitrogen and oxygen atoms in total. The molecular weight excluding hydrogens is 402 g/mol. The van der Waals surface area contributed by atoms with Crippen LogP contribution in [0.2, 0.25) is 0 Å². The molecule has 1 aromatic carbocycles. The SMILES string of the molecule is CCCSC1(SCCC)N=C(N)C2(C#N)C(c3ccc(NC(C)=O)cc3)C12C#N. The van der Waals surface area contributed by atoms with Gasteiger partial charge in [-0.25, -0.2) is 4.99 Å². The van der Waals surface area contributed by atoms with Gasteiger partial charge < -0.3 is 11.1 Å². The van der Waals surface area contributed by atoms with Crippen molar-refractivity contribution in [3.05, 3.63) is 29.8 Å². The van der Waals surface area contributed by atoms with Crippen LogP contribution < -0.4 is 11.1 Å². The van der Waals surface area contributed by atoms with E-state index in [-0.39, 0.29) is 17.7 Å². The molecule has 0 aromatic heterocycles. The van der Waals surface area contributed by atoms with Crippen molar-refractivity contribution >= 4 is 41.0 Å². The van der Waals surface area contributed by atoms with Crippen molar-refractivity contribution in [1.82, 2.24) is 0 Å². The van der Waals surface area contributed by atoms with Crippen molar-refractivity contribution in [2.24, 2.45) is 21.6 Å². The Hall–Kier alpha value is -2.16. The standard InChI is InChI=1S/C21H25N5OS2/c1-4-10-28-21(29-11-5-2)20(13-23)17(19(20,12-22)18(24)26-21)15-6-8-16(9-7-15)25-14(3)27/h6-9,17H,4-5,10-11H2,1-3H3,(H2,24,26)(H,25,27). The van der Waals surface area contributed by atoms with Crippen LogP contribution >= 0.6 is 23.5 Å². The van der Waals surface area contributed by atoms with Gasteiger partial charge in [-0.1, -0.05) is 26.0 Å². The number of rotatable bonds is 8. The number of thioether (sulfide) groups is 2. The lowest BCUT2D eigenvalue weighted by atomic mass is 9.97. The van der Waals surface area contributed by atoms with E-state index >= 15 is 0 Å². The second-order valence-electron chi connectivity index (χ2n) is 7.35. The number of nitrogens with one attached hydrogen (secondary N) is 1. The van der Waals surface area contributed by atoms with Crippen molar-refractivity contribution < 1.29 is 4.79 Å². The number of carbonyl (C=O) groups excluding carboxylic acids is 1. The molecule has 1 saturated carbocycles. The monoisotopic (exact) mass is 427 g/mol. The Labute approximate surface area is 180 Å². The molecule has 0 bridgehead atoms. The fraction of sp³-hybridized carbons (Fsp3) is 0.524. The van der Waals surface area contributed by atoms with Crippen LogP contribution in [0, 0.1) is 33.5 Å². The predicted molar refractivity (Wildman–Crippen MR) is 119 cm³/mol. The first-order valence-corrected chi connectivity index (χ1v) is 11.7. The van der Waals surface area contributed by atoms with Crippen molar-refractivity contribution in [1.29, 1.82) is 10.5 Å². The zero-order chi connectivity index (χ0) is 21.3. The Morgan fingerprint density at radius 3 is 2.21 bits per heavy atom. The predicted octanol–water partition coefficient (Wildman–Crippen LogP) is 4.07. The molecule has 0 radical (unpaired) electrons. The molecule has 3 atom stereocenters. The number of aliphatic imine (C=N–C) groups is 1. The molecular formula is C21H25N5OS2. The molecule has 8 heteroatoms. The van der Waals surface area contributed by atoms with Crippen LogP contribution in [-0.4, -0.2) is 27.5 Å². The van der Waals surface area contributed by atoms with E-state index in [9.17, 15) is 15.3 Å². The van der Waals surface area contributed by atoms with Gasteiger partial charge in [0.05, 0.1) is 12.1 Å². The maximum atomic E-state index is 11.3. The molecule has 29 heavy (non-hydrogen) atoms. The molecule has 2 aliphatic rings. The minimum atomic E-state index is -1.11. The summed E-state index contributed by atoms with van der Waals surface area (Å²) in [5.41, 5.74) is 5.80. The number of amides is 1. The number of hydrogen-bond acceptors (Lipinski definition) is 7. The highest BCUT2D eigenvalue weighted by Crippen LogP contribution is 2.85. The molecule has 1 aliphatic heterocycles. The number of nitriles is 2. The molecule has 1 amide bonds. The first kappa shape index (κ1) is 21.5. The smallest absolute Gasteiger partial charge is 0.221 e. The minimum absolute atomic E-state index is 0.148. The molecule has 3 N–H and O–H groups in total. The van der Waals surface area contributed by atoms with Crippen molar-refractivity contribution in [3.63, 3.8) is 0 Å². The van der Waals surface area contributed by atoms with Gasteiger partial charge in [0.15, 0.2) is 4.20 Å². The summed E-state index contributed by atoms with van der Waals surface area (Å²) >= 11 is 3.27. The number of nitrogens with zero attached hydrogens (tertiary/aromatic N) is 3. The average molecular weight is 428 g/mol. The van der Waals surface area contributed by atoms with Crippen LogP contribution in [0.1, 0.15) is 45.1 Å². The fourth-order valence-electron chi connectivity index (χ4n) is 4.30. The Bertz CT molecular complexity index is 908. The second kappa shape index (κ2) is 7.93. The molecule has 0 spiro atoms. The quantitative estimate of drug-likeness (QED) is 0.604. The third-order valence-corrected chi connectivity index (χ3v) is 9.04. The number of fused-ring (bicyclic) bond motifs is 1. The van der Waals surface area contributed by atoms with Crippen LogP contribution in [0.4, 0.5) is 5.69 Å². The summed E-state index contributed by atoms with van der Waals surface area (Å²) in [4.78, 5) is 16.1. The van der Waals surface area contributed by atoms with Crippen LogP contribution in [-0.2, 0) is 4.79 Å². The van der Waals surface area contributed by atoms with Gasteiger partial charge in [0.1, 0.15) is 16.7 Å². The Kier molecular flexibility index (Phi) is 5.89. The van der Waals surface area contributed by atoms with E-state index < -0.39 is 15.0 Å². The van der Waals surface area contributed by atoms with E-state index in [1.807, 2.05) is 12.1 Å². The number of nitrogens with two attached hydrogens (primary N) is 1. The van der Waals surface area contributed by atoms with Gasteiger partial charge >= 0.3 is 0 Å². The fourth-order valence-corrected chi connectivity index (χ4v) is 7.53. The first-order valence-electron chi connectivity index (χ1n) is 9.72. The van der Waals surface area contributed by atoms with E-state index in [0.29, 0.717) is 5.69 Å². The van der Waals surface area contributed by atoms with E-state index in [2.05, 4.69) is 31.3 Å². The van der Waals surface area contributed by atoms with Crippen LogP contribution in [0.3, 0.4) is 0 Å². The third-order valence-electron chi connectivity index (χ3n) is 5.50. The van der Waals surface area contributed by atoms with Crippen LogP contribution in [0.5, 0.6) is 0 Å². The van der Waals surface area contributed by atoms with E-state index in [1.165, 1.54) is 6.92 Å². The topological polar surface area (TPSA) is 115 Å². The second-order valence-corrected chi connectivity index (χ2v) is 10.2. The number of anilines is 1. The highest BCUT2D eigenvalue weighted by atomic mass is 32.2. The lowest BCUT2D eigenvalue weighted by Crippen LogP contribution is -2.32. The number of amidine groups is 1. The molecule has 1 heterocycles. The highest BCUT2D eigenvalue weighted by Gasteiger charge is 2.91. The Morgan fingerprint density at radius 1 is 1.17 bits per heavy atom. The van der Waals surface area contributed by atoms with Gasteiger partial charge in [-0.15, -0.1) is 23.5 Å². The lowest BCUT2D eigenvalue weighted by molar-refractivity contribution is -0.114. The molecule has 152 valence electrons. The van der Waals surface area contributed by atoms with E-state index in [0.717, 1.165) is 29.9 Å². The van der Waals surface area contributed by atoms with Gasteiger partial charge in [-0.2, -0.15) is 10.5 Å². The molecule has 1 aromatic rings. The summed E-state index contributed by atoms with van der Waals surface area (Å²) in [5.74, 6) is 1.46. The van der Waals surface area contributed by atoms with E-state index in [1.54, 1.807) is 35.7 Å². The Balaban J connectivity index is 2.08. The summed E-state index contributed by atoms with van der Waals surface area (Å²) in [7, 11) is 0.